The summed E-state index contributed by atoms with van der Waals surface area (Å²) in [5, 5.41) is 15.8. The highest BCUT2D eigenvalue weighted by Crippen LogP contribution is 2.35. The van der Waals surface area contributed by atoms with Crippen molar-refractivity contribution in [3.63, 3.8) is 0 Å². The van der Waals surface area contributed by atoms with Crippen molar-refractivity contribution in [2.24, 2.45) is 0 Å². The molecule has 27 heavy (non-hydrogen) atoms. The van der Waals surface area contributed by atoms with Gasteiger partial charge in [-0.15, -0.1) is 0 Å². The lowest BCUT2D eigenvalue weighted by Gasteiger charge is -2.24. The quantitative estimate of drug-likeness (QED) is 0.521. The number of carbonyl (C=O) groups is 2. The minimum absolute atomic E-state index is 0.0932. The van der Waals surface area contributed by atoms with Gasteiger partial charge in [-0.3, -0.25) is 9.59 Å². The number of ether oxygens (including phenoxy) is 2. The Morgan fingerprint density at radius 2 is 1.93 bits per heavy atom. The molecule has 0 fully saturated rings. The van der Waals surface area contributed by atoms with E-state index in [2.05, 4.69) is 16.7 Å². The maximum atomic E-state index is 12.0. The van der Waals surface area contributed by atoms with Crippen LogP contribution in [-0.4, -0.2) is 36.8 Å². The zero-order valence-corrected chi connectivity index (χ0v) is 15.5. The van der Waals surface area contributed by atoms with Crippen molar-refractivity contribution >= 4 is 11.8 Å². The van der Waals surface area contributed by atoms with Gasteiger partial charge in [-0.05, 0) is 56.7 Å². The first-order valence-electron chi connectivity index (χ1n) is 9.32. The molecule has 0 radical (unpaired) electrons. The van der Waals surface area contributed by atoms with Crippen LogP contribution in [0.3, 0.4) is 0 Å². The fourth-order valence-electron chi connectivity index (χ4n) is 3.21. The summed E-state index contributed by atoms with van der Waals surface area (Å²) in [5.74, 6) is -0.276. The van der Waals surface area contributed by atoms with Gasteiger partial charge in [-0.25, -0.2) is 0 Å². The first-order chi connectivity index (χ1) is 13.0. The molecule has 1 heterocycles. The highest BCUT2D eigenvalue weighted by atomic mass is 16.7. The molecule has 2 aliphatic rings. The highest BCUT2D eigenvalue weighted by molar-refractivity contribution is 6.35. The van der Waals surface area contributed by atoms with Crippen molar-refractivity contribution in [1.29, 1.82) is 0 Å². The minimum atomic E-state index is -1.34. The SMILES string of the molecule is C[C@](O)(CNC(=O)C(=O)NCCC1=CCCCC1)c1ccc2c(c1)OCO2. The van der Waals surface area contributed by atoms with Crippen molar-refractivity contribution in [3.8, 4) is 11.5 Å². The number of hydrogen-bond donors (Lipinski definition) is 3. The molecule has 1 atom stereocenters. The van der Waals surface area contributed by atoms with Gasteiger partial charge in [-0.1, -0.05) is 17.7 Å². The third kappa shape index (κ3) is 5.01. The van der Waals surface area contributed by atoms with E-state index in [-0.39, 0.29) is 13.3 Å². The predicted molar refractivity (Wildman–Crippen MR) is 99.3 cm³/mol. The Bertz CT molecular complexity index is 742. The third-order valence-corrected chi connectivity index (χ3v) is 4.91. The van der Waals surface area contributed by atoms with E-state index >= 15 is 0 Å². The van der Waals surface area contributed by atoms with E-state index in [1.54, 1.807) is 25.1 Å². The zero-order chi connectivity index (χ0) is 19.3. The minimum Gasteiger partial charge on any atom is -0.454 e. The van der Waals surface area contributed by atoms with Crippen LogP contribution in [0.5, 0.6) is 11.5 Å². The Kier molecular flexibility index (Phi) is 6.01. The van der Waals surface area contributed by atoms with E-state index in [4.69, 9.17) is 9.47 Å². The lowest BCUT2D eigenvalue weighted by molar-refractivity contribution is -0.139. The zero-order valence-electron chi connectivity index (χ0n) is 15.5. The number of amides is 2. The second-order valence-corrected chi connectivity index (χ2v) is 7.14. The van der Waals surface area contributed by atoms with Crippen molar-refractivity contribution in [1.82, 2.24) is 10.6 Å². The van der Waals surface area contributed by atoms with E-state index in [9.17, 15) is 14.7 Å². The molecule has 146 valence electrons. The van der Waals surface area contributed by atoms with Gasteiger partial charge in [0.1, 0.15) is 5.60 Å². The van der Waals surface area contributed by atoms with E-state index < -0.39 is 17.4 Å². The molecule has 0 spiro atoms. The van der Waals surface area contributed by atoms with Gasteiger partial charge in [0.15, 0.2) is 11.5 Å². The van der Waals surface area contributed by atoms with Crippen LogP contribution in [0.2, 0.25) is 0 Å². The fraction of sp³-hybridized carbons (Fsp3) is 0.500. The molecular formula is C20H26N2O5. The summed E-state index contributed by atoms with van der Waals surface area (Å²) in [6.45, 7) is 2.06. The van der Waals surface area contributed by atoms with Crippen LogP contribution in [0.15, 0.2) is 29.8 Å². The van der Waals surface area contributed by atoms with Gasteiger partial charge in [-0.2, -0.15) is 0 Å². The molecule has 3 N–H and O–H groups in total. The molecular weight excluding hydrogens is 348 g/mol. The maximum Gasteiger partial charge on any atom is 0.309 e. The highest BCUT2D eigenvalue weighted by Gasteiger charge is 2.27. The van der Waals surface area contributed by atoms with E-state index in [0.29, 0.717) is 23.6 Å². The number of aliphatic hydroxyl groups is 1. The molecule has 2 amide bonds. The molecule has 1 aliphatic carbocycles. The largest absolute Gasteiger partial charge is 0.454 e. The smallest absolute Gasteiger partial charge is 0.309 e. The summed E-state index contributed by atoms with van der Waals surface area (Å²) in [5.41, 5.74) is 0.563. The third-order valence-electron chi connectivity index (χ3n) is 4.91. The molecule has 3 rings (SSSR count). The Balaban J connectivity index is 1.45. The fourth-order valence-corrected chi connectivity index (χ4v) is 3.21. The van der Waals surface area contributed by atoms with Gasteiger partial charge < -0.3 is 25.2 Å². The van der Waals surface area contributed by atoms with Crippen LogP contribution in [0.1, 0.15) is 44.6 Å². The van der Waals surface area contributed by atoms with Crippen LogP contribution >= 0.6 is 0 Å². The number of benzene rings is 1. The Labute approximate surface area is 158 Å². The molecule has 0 saturated heterocycles. The number of nitrogens with one attached hydrogen (secondary N) is 2. The molecule has 7 nitrogen and oxygen atoms in total. The first-order valence-corrected chi connectivity index (χ1v) is 9.32. The number of carbonyl (C=O) groups excluding carboxylic acids is 2. The first kappa shape index (κ1) is 19.2. The van der Waals surface area contributed by atoms with Crippen LogP contribution in [0.4, 0.5) is 0 Å². The lowest BCUT2D eigenvalue weighted by Crippen LogP contribution is -2.45. The molecule has 0 bridgehead atoms. The van der Waals surface area contributed by atoms with Crippen LogP contribution in [0, 0.1) is 0 Å². The van der Waals surface area contributed by atoms with Crippen LogP contribution < -0.4 is 20.1 Å². The second kappa shape index (κ2) is 8.43. The Morgan fingerprint density at radius 1 is 1.15 bits per heavy atom. The van der Waals surface area contributed by atoms with Gasteiger partial charge in [0, 0.05) is 6.54 Å². The van der Waals surface area contributed by atoms with Crippen molar-refractivity contribution < 1.29 is 24.2 Å². The Morgan fingerprint density at radius 3 is 2.70 bits per heavy atom. The summed E-state index contributed by atoms with van der Waals surface area (Å²) in [7, 11) is 0. The number of rotatable bonds is 6. The normalized spacial score (nSPS) is 17.6. The van der Waals surface area contributed by atoms with E-state index in [0.717, 1.165) is 19.3 Å². The Hall–Kier alpha value is -2.54. The predicted octanol–water partition coefficient (Wildman–Crippen LogP) is 1.75. The molecule has 0 unspecified atom stereocenters. The molecule has 0 saturated carbocycles. The summed E-state index contributed by atoms with van der Waals surface area (Å²) in [6.07, 6.45) is 7.57. The monoisotopic (exact) mass is 374 g/mol. The summed E-state index contributed by atoms with van der Waals surface area (Å²) >= 11 is 0. The number of fused-ring (bicyclic) bond motifs is 1. The van der Waals surface area contributed by atoms with Crippen molar-refractivity contribution in [3.05, 3.63) is 35.4 Å². The molecule has 1 aliphatic heterocycles. The second-order valence-electron chi connectivity index (χ2n) is 7.14. The van der Waals surface area contributed by atoms with Crippen LogP contribution in [0.25, 0.3) is 0 Å². The standard InChI is InChI=1S/C20H26N2O5/c1-20(25,15-7-8-16-17(11-15)27-13-26-16)12-22-19(24)18(23)21-10-9-14-5-3-2-4-6-14/h5,7-8,11,25H,2-4,6,9-10,12-13H2,1H3,(H,21,23)(H,22,24)/t20-/m0/s1. The van der Waals surface area contributed by atoms with E-state index in [1.165, 1.54) is 18.4 Å². The van der Waals surface area contributed by atoms with Gasteiger partial charge in [0.05, 0.1) is 6.54 Å². The maximum absolute atomic E-state index is 12.0. The molecule has 0 aromatic heterocycles. The summed E-state index contributed by atoms with van der Waals surface area (Å²) < 4.78 is 10.5. The van der Waals surface area contributed by atoms with Crippen molar-refractivity contribution in [2.75, 3.05) is 19.9 Å². The number of allylic oxidation sites excluding steroid dienone is 1. The van der Waals surface area contributed by atoms with Gasteiger partial charge >= 0.3 is 11.8 Å². The molecule has 1 aromatic carbocycles. The molecule has 1 aromatic rings. The average molecular weight is 374 g/mol. The average Bonchev–Trinajstić information content (AvgIpc) is 3.14. The lowest BCUT2D eigenvalue weighted by atomic mass is 9.95. The topological polar surface area (TPSA) is 96.9 Å². The van der Waals surface area contributed by atoms with Gasteiger partial charge in [0.2, 0.25) is 6.79 Å². The summed E-state index contributed by atoms with van der Waals surface area (Å²) in [4.78, 5) is 23.9. The van der Waals surface area contributed by atoms with E-state index in [1.807, 2.05) is 0 Å². The van der Waals surface area contributed by atoms with Crippen molar-refractivity contribution in [2.45, 2.75) is 44.6 Å². The molecule has 7 heteroatoms. The summed E-state index contributed by atoms with van der Waals surface area (Å²) in [6, 6.07) is 5.09. The van der Waals surface area contributed by atoms with Crippen LogP contribution in [-0.2, 0) is 15.2 Å². The van der Waals surface area contributed by atoms with Gasteiger partial charge in [0.25, 0.3) is 0 Å². The number of hydrogen-bond acceptors (Lipinski definition) is 5.